The van der Waals surface area contributed by atoms with Gasteiger partial charge in [-0.05, 0) is 25.0 Å². The number of carbonyl (C=O) groups is 3. The first-order chi connectivity index (χ1) is 12.1. The molecule has 0 aliphatic heterocycles. The minimum atomic E-state index is -0.857. The lowest BCUT2D eigenvalue weighted by Crippen LogP contribution is -2.46. The molecule has 0 radical (unpaired) electrons. The maximum atomic E-state index is 12.6. The lowest BCUT2D eigenvalue weighted by molar-refractivity contribution is -0.152. The minimum absolute atomic E-state index is 0.179. The Bertz CT molecular complexity index is 646. The predicted octanol–water partition coefficient (Wildman–Crippen LogP) is 3.00. The Balaban J connectivity index is 2.83. The fourth-order valence-electron chi connectivity index (χ4n) is 2.10. The summed E-state index contributed by atoms with van der Waals surface area (Å²) in [6.45, 7) is 10.8. The molecule has 144 valence electrons. The molecule has 1 aromatic carbocycles. The van der Waals surface area contributed by atoms with E-state index in [1.54, 1.807) is 58.9 Å². The SMILES string of the molecule is CCOc1ccccc1C(=O)N[C@H](C(=O)OCC(=O)C(C)(C)C)C(C)C. The van der Waals surface area contributed by atoms with E-state index < -0.39 is 23.3 Å². The third-order valence-electron chi connectivity index (χ3n) is 3.82. The van der Waals surface area contributed by atoms with Gasteiger partial charge in [0.05, 0.1) is 12.2 Å². The number of esters is 1. The van der Waals surface area contributed by atoms with Gasteiger partial charge in [-0.1, -0.05) is 46.8 Å². The average Bonchev–Trinajstić information content (AvgIpc) is 2.56. The molecule has 0 aliphatic rings. The molecule has 0 spiro atoms. The summed E-state index contributed by atoms with van der Waals surface area (Å²) in [7, 11) is 0. The van der Waals surface area contributed by atoms with Crippen LogP contribution in [0.5, 0.6) is 5.75 Å². The van der Waals surface area contributed by atoms with E-state index in [-0.39, 0.29) is 18.3 Å². The Hall–Kier alpha value is -2.37. The Kier molecular flexibility index (Phi) is 7.80. The zero-order chi connectivity index (χ0) is 19.9. The van der Waals surface area contributed by atoms with Crippen molar-refractivity contribution < 1.29 is 23.9 Å². The molecular formula is C20H29NO5. The number of hydrogen-bond donors (Lipinski definition) is 1. The first-order valence-corrected chi connectivity index (χ1v) is 8.80. The van der Waals surface area contributed by atoms with Crippen LogP contribution in [0.1, 0.15) is 51.9 Å². The Labute approximate surface area is 155 Å². The quantitative estimate of drug-likeness (QED) is 0.718. The van der Waals surface area contributed by atoms with E-state index in [0.29, 0.717) is 17.9 Å². The number of ketones is 1. The van der Waals surface area contributed by atoms with Crippen LogP contribution >= 0.6 is 0 Å². The van der Waals surface area contributed by atoms with E-state index in [4.69, 9.17) is 9.47 Å². The van der Waals surface area contributed by atoms with E-state index in [9.17, 15) is 14.4 Å². The Morgan fingerprint density at radius 3 is 2.27 bits per heavy atom. The second-order valence-electron chi connectivity index (χ2n) is 7.41. The molecular weight excluding hydrogens is 334 g/mol. The normalized spacial score (nSPS) is 12.4. The third-order valence-corrected chi connectivity index (χ3v) is 3.82. The topological polar surface area (TPSA) is 81.7 Å². The molecule has 0 fully saturated rings. The molecule has 1 amide bonds. The fourth-order valence-corrected chi connectivity index (χ4v) is 2.10. The van der Waals surface area contributed by atoms with Crippen LogP contribution in [-0.4, -0.2) is 36.9 Å². The lowest BCUT2D eigenvalue weighted by atomic mass is 9.91. The maximum Gasteiger partial charge on any atom is 0.329 e. The summed E-state index contributed by atoms with van der Waals surface area (Å²) in [5.74, 6) is -0.977. The van der Waals surface area contributed by atoms with Crippen LogP contribution in [0.4, 0.5) is 0 Å². The van der Waals surface area contributed by atoms with Gasteiger partial charge in [-0.2, -0.15) is 0 Å². The van der Waals surface area contributed by atoms with Crippen LogP contribution in [0.2, 0.25) is 0 Å². The van der Waals surface area contributed by atoms with E-state index in [0.717, 1.165) is 0 Å². The monoisotopic (exact) mass is 363 g/mol. The number of nitrogens with one attached hydrogen (secondary N) is 1. The van der Waals surface area contributed by atoms with E-state index in [1.807, 2.05) is 6.92 Å². The standard InChI is InChI=1S/C20H29NO5/c1-7-25-15-11-9-8-10-14(15)18(23)21-17(13(2)3)19(24)26-12-16(22)20(4,5)6/h8-11,13,17H,7,12H2,1-6H3,(H,21,23)/t17-/m0/s1. The van der Waals surface area contributed by atoms with Crippen molar-refractivity contribution in [1.29, 1.82) is 0 Å². The third kappa shape index (κ3) is 6.17. The van der Waals surface area contributed by atoms with Crippen molar-refractivity contribution >= 4 is 17.7 Å². The molecule has 0 aliphatic carbocycles. The molecule has 26 heavy (non-hydrogen) atoms. The number of benzene rings is 1. The summed E-state index contributed by atoms with van der Waals surface area (Å²) in [5, 5.41) is 2.69. The number of carbonyl (C=O) groups excluding carboxylic acids is 3. The highest BCUT2D eigenvalue weighted by molar-refractivity contribution is 5.99. The first-order valence-electron chi connectivity index (χ1n) is 8.80. The zero-order valence-corrected chi connectivity index (χ0v) is 16.4. The van der Waals surface area contributed by atoms with Crippen LogP contribution in [0, 0.1) is 11.3 Å². The molecule has 0 aromatic heterocycles. The van der Waals surface area contributed by atoms with Crippen molar-refractivity contribution in [2.45, 2.75) is 47.6 Å². The molecule has 6 nitrogen and oxygen atoms in total. The molecule has 1 aromatic rings. The smallest absolute Gasteiger partial charge is 0.329 e. The van der Waals surface area contributed by atoms with Gasteiger partial charge in [-0.25, -0.2) is 4.79 Å². The summed E-state index contributed by atoms with van der Waals surface area (Å²) in [5.41, 5.74) is -0.244. The van der Waals surface area contributed by atoms with Crippen molar-refractivity contribution in [2.24, 2.45) is 11.3 Å². The van der Waals surface area contributed by atoms with Gasteiger partial charge in [-0.15, -0.1) is 0 Å². The van der Waals surface area contributed by atoms with Gasteiger partial charge in [0.2, 0.25) is 0 Å². The van der Waals surface area contributed by atoms with Gasteiger partial charge in [0.25, 0.3) is 5.91 Å². The molecule has 1 atom stereocenters. The number of hydrogen-bond acceptors (Lipinski definition) is 5. The number of para-hydroxylation sites is 1. The van der Waals surface area contributed by atoms with E-state index >= 15 is 0 Å². The summed E-state index contributed by atoms with van der Waals surface area (Å²) in [6.07, 6.45) is 0. The summed E-state index contributed by atoms with van der Waals surface area (Å²) < 4.78 is 10.6. The predicted molar refractivity (Wildman–Crippen MR) is 99.1 cm³/mol. The number of Topliss-reactive ketones (excluding diaryl/α,β-unsaturated/α-hetero) is 1. The average molecular weight is 363 g/mol. The minimum Gasteiger partial charge on any atom is -0.493 e. The van der Waals surface area contributed by atoms with Crippen molar-refractivity contribution in [3.63, 3.8) is 0 Å². The summed E-state index contributed by atoms with van der Waals surface area (Å²) in [4.78, 5) is 36.9. The highest BCUT2D eigenvalue weighted by atomic mass is 16.5. The van der Waals surface area contributed by atoms with Crippen LogP contribution in [0.15, 0.2) is 24.3 Å². The van der Waals surface area contributed by atoms with Crippen LogP contribution in [0.3, 0.4) is 0 Å². The van der Waals surface area contributed by atoms with Crippen molar-refractivity contribution in [2.75, 3.05) is 13.2 Å². The van der Waals surface area contributed by atoms with Gasteiger partial charge in [0.15, 0.2) is 12.4 Å². The van der Waals surface area contributed by atoms with Crippen LogP contribution < -0.4 is 10.1 Å². The molecule has 6 heteroatoms. The van der Waals surface area contributed by atoms with Crippen LogP contribution in [0.25, 0.3) is 0 Å². The van der Waals surface area contributed by atoms with Crippen molar-refractivity contribution in [3.05, 3.63) is 29.8 Å². The van der Waals surface area contributed by atoms with Gasteiger partial charge in [0.1, 0.15) is 11.8 Å². The molecule has 1 rings (SSSR count). The van der Waals surface area contributed by atoms with Gasteiger partial charge >= 0.3 is 5.97 Å². The summed E-state index contributed by atoms with van der Waals surface area (Å²) >= 11 is 0. The molecule has 0 bridgehead atoms. The van der Waals surface area contributed by atoms with Gasteiger partial charge in [0, 0.05) is 5.41 Å². The van der Waals surface area contributed by atoms with Crippen molar-refractivity contribution in [3.8, 4) is 5.75 Å². The fraction of sp³-hybridized carbons (Fsp3) is 0.550. The zero-order valence-electron chi connectivity index (χ0n) is 16.4. The molecule has 0 saturated heterocycles. The van der Waals surface area contributed by atoms with Crippen molar-refractivity contribution in [1.82, 2.24) is 5.32 Å². The maximum absolute atomic E-state index is 12.6. The lowest BCUT2D eigenvalue weighted by Gasteiger charge is -2.22. The molecule has 1 N–H and O–H groups in total. The van der Waals surface area contributed by atoms with Gasteiger partial charge < -0.3 is 14.8 Å². The van der Waals surface area contributed by atoms with Crippen LogP contribution in [-0.2, 0) is 14.3 Å². The number of ether oxygens (including phenoxy) is 2. The molecule has 0 heterocycles. The molecule has 0 saturated carbocycles. The summed E-state index contributed by atoms with van der Waals surface area (Å²) in [6, 6.07) is 5.97. The second-order valence-corrected chi connectivity index (χ2v) is 7.41. The van der Waals surface area contributed by atoms with E-state index in [1.165, 1.54) is 0 Å². The largest absolute Gasteiger partial charge is 0.493 e. The van der Waals surface area contributed by atoms with Gasteiger partial charge in [-0.3, -0.25) is 9.59 Å². The van der Waals surface area contributed by atoms with E-state index in [2.05, 4.69) is 5.32 Å². The Morgan fingerprint density at radius 1 is 1.12 bits per heavy atom. The highest BCUT2D eigenvalue weighted by Gasteiger charge is 2.29. The highest BCUT2D eigenvalue weighted by Crippen LogP contribution is 2.19. The number of rotatable bonds is 8. The number of amides is 1. The Morgan fingerprint density at radius 2 is 1.73 bits per heavy atom. The molecule has 0 unspecified atom stereocenters. The first kappa shape index (κ1) is 21.7. The second kappa shape index (κ2) is 9.36.